The lowest BCUT2D eigenvalue weighted by atomic mass is 9.66. The first-order chi connectivity index (χ1) is 9.03. The lowest BCUT2D eigenvalue weighted by Gasteiger charge is -2.45. The maximum absolute atomic E-state index is 11.3. The highest BCUT2D eigenvalue weighted by Gasteiger charge is 2.57. The highest BCUT2D eigenvalue weighted by Crippen LogP contribution is 2.49. The van der Waals surface area contributed by atoms with Crippen LogP contribution in [0.4, 0.5) is 0 Å². The van der Waals surface area contributed by atoms with Gasteiger partial charge in [0, 0.05) is 22.0 Å². The van der Waals surface area contributed by atoms with E-state index in [0.29, 0.717) is 10.7 Å². The van der Waals surface area contributed by atoms with Gasteiger partial charge in [0.1, 0.15) is 11.4 Å². The van der Waals surface area contributed by atoms with Crippen LogP contribution in [0.15, 0.2) is 4.99 Å². The van der Waals surface area contributed by atoms with Gasteiger partial charge in [-0.25, -0.2) is 0 Å². The Morgan fingerprint density at radius 3 is 2.68 bits per heavy atom. The molecule has 0 radical (unpaired) electrons. The van der Waals surface area contributed by atoms with Gasteiger partial charge in [0.15, 0.2) is 0 Å². The van der Waals surface area contributed by atoms with Crippen molar-refractivity contribution in [2.24, 2.45) is 22.6 Å². The van der Waals surface area contributed by atoms with E-state index in [-0.39, 0.29) is 23.3 Å². The van der Waals surface area contributed by atoms with Gasteiger partial charge in [0.25, 0.3) is 0 Å². The predicted octanol–water partition coefficient (Wildman–Crippen LogP) is 2.82. The number of amidine groups is 1. The molecule has 5 heteroatoms. The normalized spacial score (nSPS) is 50.7. The molecule has 6 unspecified atom stereocenters. The van der Waals surface area contributed by atoms with Crippen LogP contribution in [0, 0.1) is 11.8 Å². The second kappa shape index (κ2) is 5.19. The summed E-state index contributed by atoms with van der Waals surface area (Å²) < 4.78 is 0. The van der Waals surface area contributed by atoms with Crippen molar-refractivity contribution >= 4 is 33.4 Å². The van der Waals surface area contributed by atoms with Gasteiger partial charge in [-0.2, -0.15) is 0 Å². The Bertz CT molecular complexity index is 392. The molecule has 0 amide bonds. The minimum atomic E-state index is -0.938. The molecule has 2 aliphatic carbocycles. The summed E-state index contributed by atoms with van der Waals surface area (Å²) in [6.45, 7) is 0. The Balaban J connectivity index is 1.89. The van der Waals surface area contributed by atoms with Crippen molar-refractivity contribution in [3.63, 3.8) is 0 Å². The molecule has 2 saturated carbocycles. The lowest BCUT2D eigenvalue weighted by Crippen LogP contribution is -2.57. The highest BCUT2D eigenvalue weighted by molar-refractivity contribution is 9.09. The molecule has 6 atom stereocenters. The van der Waals surface area contributed by atoms with E-state index in [9.17, 15) is 5.11 Å². The number of alkyl halides is 2. The van der Waals surface area contributed by atoms with Crippen LogP contribution in [0.25, 0.3) is 0 Å². The Hall–Kier alpha value is 0.200. The fraction of sp³-hybridized carbons (Fsp3) is 0.929. The van der Waals surface area contributed by atoms with Gasteiger partial charge in [0.05, 0.1) is 6.04 Å². The predicted molar refractivity (Wildman–Crippen MR) is 82.0 cm³/mol. The summed E-state index contributed by atoms with van der Waals surface area (Å²) in [5, 5.41) is 11.5. The molecule has 1 heterocycles. The van der Waals surface area contributed by atoms with Crippen molar-refractivity contribution in [3.8, 4) is 0 Å². The number of aliphatic imine (C=N–C) groups is 1. The summed E-state index contributed by atoms with van der Waals surface area (Å²) in [5.74, 6) is 0.762. The minimum absolute atomic E-state index is 0.117. The van der Waals surface area contributed by atoms with Crippen molar-refractivity contribution in [2.75, 3.05) is 0 Å². The first-order valence-corrected chi connectivity index (χ1v) is 8.73. The molecule has 1 aliphatic heterocycles. The van der Waals surface area contributed by atoms with Crippen LogP contribution in [0.5, 0.6) is 0 Å². The Morgan fingerprint density at radius 2 is 1.95 bits per heavy atom. The summed E-state index contributed by atoms with van der Waals surface area (Å²) in [7, 11) is 0. The molecule has 3 rings (SSSR count). The highest BCUT2D eigenvalue weighted by atomic mass is 79.9. The number of nitrogens with zero attached hydrogens (tertiary/aromatic N) is 1. The maximum Gasteiger partial charge on any atom is 0.130 e. The number of hydrogen-bond donors (Lipinski definition) is 2. The van der Waals surface area contributed by atoms with Crippen molar-refractivity contribution in [1.82, 2.24) is 0 Å². The summed E-state index contributed by atoms with van der Waals surface area (Å²) in [5.41, 5.74) is 5.21. The number of aliphatic hydroxyl groups is 1. The molecule has 0 aromatic carbocycles. The third-order valence-electron chi connectivity index (χ3n) is 5.28. The molecular weight excluding hydrogens is 328 g/mol. The van der Waals surface area contributed by atoms with E-state index in [1.165, 1.54) is 12.8 Å². The summed E-state index contributed by atoms with van der Waals surface area (Å²) in [6.07, 6.45) is 7.32. The smallest absolute Gasteiger partial charge is 0.130 e. The van der Waals surface area contributed by atoms with E-state index in [2.05, 4.69) is 20.9 Å². The van der Waals surface area contributed by atoms with E-state index < -0.39 is 5.60 Å². The molecule has 0 bridgehead atoms. The maximum atomic E-state index is 11.3. The number of rotatable bonds is 1. The molecule has 2 fully saturated rings. The number of halogens is 2. The average molecular weight is 350 g/mol. The molecule has 0 aromatic rings. The topological polar surface area (TPSA) is 58.6 Å². The number of fused-ring (bicyclic) bond motifs is 1. The third kappa shape index (κ3) is 2.24. The average Bonchev–Trinajstić information content (AvgIpc) is 2.64. The third-order valence-corrected chi connectivity index (χ3v) is 6.77. The van der Waals surface area contributed by atoms with Crippen LogP contribution in [0.2, 0.25) is 0 Å². The summed E-state index contributed by atoms with van der Waals surface area (Å²) in [6, 6.07) is 0.182. The zero-order chi connectivity index (χ0) is 13.6. The van der Waals surface area contributed by atoms with Gasteiger partial charge in [0.2, 0.25) is 0 Å². The van der Waals surface area contributed by atoms with Gasteiger partial charge < -0.3 is 10.8 Å². The zero-order valence-corrected chi connectivity index (χ0v) is 13.4. The van der Waals surface area contributed by atoms with Gasteiger partial charge >= 0.3 is 0 Å². The van der Waals surface area contributed by atoms with Gasteiger partial charge in [-0.3, -0.25) is 4.99 Å². The van der Waals surface area contributed by atoms with Crippen LogP contribution in [0.1, 0.15) is 44.9 Å². The monoisotopic (exact) mass is 348 g/mol. The van der Waals surface area contributed by atoms with Gasteiger partial charge in [-0.1, -0.05) is 28.8 Å². The Morgan fingerprint density at radius 1 is 1.21 bits per heavy atom. The second-order valence-corrected chi connectivity index (χ2v) is 8.12. The standard InChI is InChI=1S/C14H22BrClN2O/c15-11-4-2-1-3-9(11)14(19)10-7-8(16)5-6-12(10)18-13(14)17/h8-12,19H,1-7H2,(H2,17,18). The molecule has 3 nitrogen and oxygen atoms in total. The van der Waals surface area contributed by atoms with Crippen molar-refractivity contribution < 1.29 is 5.11 Å². The van der Waals surface area contributed by atoms with E-state index in [1.807, 2.05) is 0 Å². The summed E-state index contributed by atoms with van der Waals surface area (Å²) >= 11 is 10.1. The molecule has 0 aromatic heterocycles. The number of hydrogen-bond acceptors (Lipinski definition) is 3. The minimum Gasteiger partial charge on any atom is -0.385 e. The van der Waals surface area contributed by atoms with Gasteiger partial charge in [-0.05, 0) is 32.1 Å². The molecule has 19 heavy (non-hydrogen) atoms. The largest absolute Gasteiger partial charge is 0.385 e. The van der Waals surface area contributed by atoms with Crippen molar-refractivity contribution in [3.05, 3.63) is 0 Å². The fourth-order valence-electron chi connectivity index (χ4n) is 4.25. The number of nitrogens with two attached hydrogens (primary N) is 1. The van der Waals surface area contributed by atoms with Crippen molar-refractivity contribution in [1.29, 1.82) is 0 Å². The summed E-state index contributed by atoms with van der Waals surface area (Å²) in [4.78, 5) is 4.91. The molecule has 0 spiro atoms. The molecule has 108 valence electrons. The van der Waals surface area contributed by atoms with Crippen LogP contribution >= 0.6 is 27.5 Å². The van der Waals surface area contributed by atoms with Gasteiger partial charge in [-0.15, -0.1) is 11.6 Å². The second-order valence-electron chi connectivity index (χ2n) is 6.33. The SMILES string of the molecule is NC1=NC2CCC(Cl)CC2C1(O)C1CCCCC1Br. The first-order valence-electron chi connectivity index (χ1n) is 7.37. The molecular formula is C14H22BrClN2O. The molecule has 3 aliphatic rings. The zero-order valence-electron chi connectivity index (χ0n) is 11.1. The van der Waals surface area contributed by atoms with Crippen LogP contribution < -0.4 is 5.73 Å². The lowest BCUT2D eigenvalue weighted by molar-refractivity contribution is -0.0256. The first kappa shape index (κ1) is 14.2. The Kier molecular flexibility index (Phi) is 3.87. The van der Waals surface area contributed by atoms with E-state index in [0.717, 1.165) is 32.1 Å². The molecule has 0 saturated heterocycles. The van der Waals surface area contributed by atoms with Crippen molar-refractivity contribution in [2.45, 2.75) is 66.8 Å². The molecule has 3 N–H and O–H groups in total. The van der Waals surface area contributed by atoms with Crippen LogP contribution in [0.3, 0.4) is 0 Å². The quantitative estimate of drug-likeness (QED) is 0.715. The van der Waals surface area contributed by atoms with E-state index in [4.69, 9.17) is 17.3 Å². The van der Waals surface area contributed by atoms with E-state index in [1.54, 1.807) is 0 Å². The Labute approximate surface area is 128 Å². The van der Waals surface area contributed by atoms with E-state index >= 15 is 0 Å². The van der Waals surface area contributed by atoms with Crippen LogP contribution in [-0.2, 0) is 0 Å². The fourth-order valence-corrected chi connectivity index (χ4v) is 5.56. The van der Waals surface area contributed by atoms with Crippen LogP contribution in [-0.4, -0.2) is 32.8 Å².